The fourth-order valence-electron chi connectivity index (χ4n) is 1.75. The number of anilines is 3. The van der Waals surface area contributed by atoms with E-state index in [1.165, 1.54) is 19.4 Å². The number of rotatable bonds is 4. The number of esters is 1. The van der Waals surface area contributed by atoms with Crippen molar-refractivity contribution in [3.8, 4) is 5.75 Å². The maximum Gasteiger partial charge on any atom is 0.340 e. The molecule has 21 heavy (non-hydrogen) atoms. The van der Waals surface area contributed by atoms with Crippen molar-refractivity contribution < 1.29 is 14.3 Å². The fraction of sp³-hybridized carbons (Fsp3) is 0.143. The number of aromatic nitrogens is 1. The molecule has 1 aromatic carbocycles. The lowest BCUT2D eigenvalue weighted by Gasteiger charge is -2.12. The molecule has 0 bridgehead atoms. The van der Waals surface area contributed by atoms with Crippen molar-refractivity contribution in [2.45, 2.75) is 0 Å². The van der Waals surface area contributed by atoms with Gasteiger partial charge in [0.25, 0.3) is 0 Å². The van der Waals surface area contributed by atoms with E-state index in [0.29, 0.717) is 11.6 Å². The molecule has 3 N–H and O–H groups in total. The highest BCUT2D eigenvalue weighted by Gasteiger charge is 2.14. The van der Waals surface area contributed by atoms with E-state index < -0.39 is 5.97 Å². The molecule has 0 aliphatic heterocycles. The average Bonchev–Trinajstić information content (AvgIpc) is 2.48. The van der Waals surface area contributed by atoms with Crippen molar-refractivity contribution in [1.29, 1.82) is 0 Å². The number of nitrogen functional groups attached to an aromatic ring is 1. The van der Waals surface area contributed by atoms with Gasteiger partial charge in [0.1, 0.15) is 5.75 Å². The Bertz CT molecular complexity index is 677. The highest BCUT2D eigenvalue weighted by atomic mass is 79.9. The van der Waals surface area contributed by atoms with Crippen molar-refractivity contribution >= 4 is 39.1 Å². The number of ether oxygens (including phenoxy) is 2. The zero-order valence-electron chi connectivity index (χ0n) is 11.5. The van der Waals surface area contributed by atoms with E-state index in [1.807, 2.05) is 12.1 Å². The first-order valence-corrected chi connectivity index (χ1v) is 6.79. The van der Waals surface area contributed by atoms with E-state index in [1.54, 1.807) is 13.2 Å². The number of nitrogens with two attached hydrogens (primary N) is 1. The van der Waals surface area contributed by atoms with Gasteiger partial charge in [-0.15, -0.1) is 0 Å². The lowest BCUT2D eigenvalue weighted by molar-refractivity contribution is 0.0602. The second-order valence-electron chi connectivity index (χ2n) is 4.12. The van der Waals surface area contributed by atoms with Crippen LogP contribution in [-0.2, 0) is 4.74 Å². The Labute approximate surface area is 130 Å². The van der Waals surface area contributed by atoms with Crippen molar-refractivity contribution in [3.63, 3.8) is 0 Å². The summed E-state index contributed by atoms with van der Waals surface area (Å²) in [7, 11) is 2.88. The SMILES string of the molecule is COC(=O)c1ccnc(Nc2cc(Br)cc(OC)c2)c1N. The van der Waals surface area contributed by atoms with Gasteiger partial charge in [0, 0.05) is 22.4 Å². The largest absolute Gasteiger partial charge is 0.497 e. The molecule has 110 valence electrons. The van der Waals surface area contributed by atoms with Crippen LogP contribution in [0.15, 0.2) is 34.9 Å². The number of hydrogen-bond donors (Lipinski definition) is 2. The second-order valence-corrected chi connectivity index (χ2v) is 5.03. The lowest BCUT2D eigenvalue weighted by Crippen LogP contribution is -2.09. The minimum absolute atomic E-state index is 0.225. The van der Waals surface area contributed by atoms with Gasteiger partial charge < -0.3 is 20.5 Å². The third-order valence-electron chi connectivity index (χ3n) is 2.77. The van der Waals surface area contributed by atoms with E-state index >= 15 is 0 Å². The van der Waals surface area contributed by atoms with E-state index in [0.717, 1.165) is 10.2 Å². The minimum Gasteiger partial charge on any atom is -0.497 e. The zero-order chi connectivity index (χ0) is 15.4. The summed E-state index contributed by atoms with van der Waals surface area (Å²) >= 11 is 3.39. The van der Waals surface area contributed by atoms with Crippen LogP contribution in [0.2, 0.25) is 0 Å². The van der Waals surface area contributed by atoms with Crippen molar-refractivity contribution in [2.75, 3.05) is 25.3 Å². The standard InChI is InChI=1S/C14H14BrN3O3/c1-20-10-6-8(15)5-9(7-10)18-13-12(16)11(3-4-17-13)14(19)21-2/h3-7H,16H2,1-2H3,(H,17,18). The van der Waals surface area contributed by atoms with Crippen molar-refractivity contribution in [1.82, 2.24) is 4.98 Å². The number of halogens is 1. The maximum absolute atomic E-state index is 11.6. The highest BCUT2D eigenvalue weighted by molar-refractivity contribution is 9.10. The number of methoxy groups -OCH3 is 2. The molecule has 0 amide bonds. The van der Waals surface area contributed by atoms with Crippen LogP contribution in [-0.4, -0.2) is 25.2 Å². The Balaban J connectivity index is 2.36. The molecule has 0 spiro atoms. The first-order chi connectivity index (χ1) is 10.0. The van der Waals surface area contributed by atoms with Gasteiger partial charge in [0.05, 0.1) is 25.5 Å². The van der Waals surface area contributed by atoms with E-state index in [9.17, 15) is 4.79 Å². The molecule has 1 aromatic heterocycles. The molecule has 1 heterocycles. The molecule has 0 unspecified atom stereocenters. The highest BCUT2D eigenvalue weighted by Crippen LogP contribution is 2.29. The van der Waals surface area contributed by atoms with Gasteiger partial charge in [-0.1, -0.05) is 15.9 Å². The Kier molecular flexibility index (Phi) is 4.64. The van der Waals surface area contributed by atoms with Crippen LogP contribution in [0.3, 0.4) is 0 Å². The van der Waals surface area contributed by atoms with Crippen LogP contribution in [0.1, 0.15) is 10.4 Å². The predicted molar refractivity (Wildman–Crippen MR) is 84.0 cm³/mol. The summed E-state index contributed by atoms with van der Waals surface area (Å²) in [4.78, 5) is 15.7. The minimum atomic E-state index is -0.509. The van der Waals surface area contributed by atoms with Crippen LogP contribution in [0.5, 0.6) is 5.75 Å². The van der Waals surface area contributed by atoms with Gasteiger partial charge in [0.15, 0.2) is 5.82 Å². The van der Waals surface area contributed by atoms with Gasteiger partial charge in [-0.2, -0.15) is 0 Å². The summed E-state index contributed by atoms with van der Waals surface area (Å²) in [6.07, 6.45) is 1.49. The molecule has 0 aliphatic carbocycles. The first-order valence-electron chi connectivity index (χ1n) is 5.99. The molecule has 0 saturated heterocycles. The number of pyridine rings is 1. The third kappa shape index (κ3) is 3.43. The summed E-state index contributed by atoms with van der Waals surface area (Å²) < 4.78 is 10.7. The third-order valence-corrected chi connectivity index (χ3v) is 3.22. The Morgan fingerprint density at radius 1 is 1.33 bits per heavy atom. The summed E-state index contributed by atoms with van der Waals surface area (Å²) in [5.74, 6) is 0.539. The van der Waals surface area contributed by atoms with Crippen LogP contribution >= 0.6 is 15.9 Å². The number of nitrogens with zero attached hydrogens (tertiary/aromatic N) is 1. The lowest BCUT2D eigenvalue weighted by atomic mass is 10.2. The number of benzene rings is 1. The Hall–Kier alpha value is -2.28. The number of carbonyl (C=O) groups is 1. The van der Waals surface area contributed by atoms with E-state index in [2.05, 4.69) is 31.0 Å². The van der Waals surface area contributed by atoms with E-state index in [4.69, 9.17) is 10.5 Å². The average molecular weight is 352 g/mol. The summed E-state index contributed by atoms with van der Waals surface area (Å²) in [5, 5.41) is 3.05. The number of nitrogens with one attached hydrogen (secondary N) is 1. The van der Waals surface area contributed by atoms with Crippen LogP contribution in [0, 0.1) is 0 Å². The molecule has 2 aromatic rings. The molecule has 0 aliphatic rings. The molecular weight excluding hydrogens is 338 g/mol. The van der Waals surface area contributed by atoms with Gasteiger partial charge in [-0.25, -0.2) is 9.78 Å². The van der Waals surface area contributed by atoms with Crippen LogP contribution < -0.4 is 15.8 Å². The van der Waals surface area contributed by atoms with Gasteiger partial charge in [-0.3, -0.25) is 0 Å². The maximum atomic E-state index is 11.6. The van der Waals surface area contributed by atoms with Gasteiger partial charge >= 0.3 is 5.97 Å². The van der Waals surface area contributed by atoms with E-state index in [-0.39, 0.29) is 11.3 Å². The topological polar surface area (TPSA) is 86.5 Å². The van der Waals surface area contributed by atoms with Crippen molar-refractivity contribution in [2.24, 2.45) is 0 Å². The smallest absolute Gasteiger partial charge is 0.340 e. The van der Waals surface area contributed by atoms with Gasteiger partial charge in [0.2, 0.25) is 0 Å². The molecular formula is C14H14BrN3O3. The Morgan fingerprint density at radius 2 is 2.10 bits per heavy atom. The van der Waals surface area contributed by atoms with Crippen LogP contribution in [0.4, 0.5) is 17.2 Å². The number of carbonyl (C=O) groups excluding carboxylic acids is 1. The monoisotopic (exact) mass is 351 g/mol. The number of hydrogen-bond acceptors (Lipinski definition) is 6. The molecule has 2 rings (SSSR count). The molecule has 0 saturated carbocycles. The summed E-state index contributed by atoms with van der Waals surface area (Å²) in [5.41, 5.74) is 7.16. The zero-order valence-corrected chi connectivity index (χ0v) is 13.1. The van der Waals surface area contributed by atoms with Crippen molar-refractivity contribution in [3.05, 3.63) is 40.5 Å². The predicted octanol–water partition coefficient (Wildman–Crippen LogP) is 2.97. The van der Waals surface area contributed by atoms with Crippen LogP contribution in [0.25, 0.3) is 0 Å². The molecule has 7 heteroatoms. The quantitative estimate of drug-likeness (QED) is 0.823. The Morgan fingerprint density at radius 3 is 2.76 bits per heavy atom. The molecule has 0 radical (unpaired) electrons. The summed E-state index contributed by atoms with van der Waals surface area (Å²) in [6, 6.07) is 6.96. The molecule has 6 nitrogen and oxygen atoms in total. The summed E-state index contributed by atoms with van der Waals surface area (Å²) in [6.45, 7) is 0. The first kappa shape index (κ1) is 15.1. The van der Waals surface area contributed by atoms with Gasteiger partial charge in [-0.05, 0) is 18.2 Å². The normalized spacial score (nSPS) is 10.0. The second kappa shape index (κ2) is 6.45. The molecule has 0 fully saturated rings. The fourth-order valence-corrected chi connectivity index (χ4v) is 2.22. The molecule has 0 atom stereocenters.